The number of rotatable bonds is 4. The van der Waals surface area contributed by atoms with Crippen molar-refractivity contribution in [1.82, 2.24) is 0 Å². The lowest BCUT2D eigenvalue weighted by molar-refractivity contribution is -0.322. The normalized spacial score (nSPS) is 11.8. The number of anilines is 1. The number of hydrogen-bond donors (Lipinski definition) is 1. The molecule has 2 N–H and O–H groups in total. The van der Waals surface area contributed by atoms with Crippen molar-refractivity contribution in [3.05, 3.63) is 24.0 Å². The quantitative estimate of drug-likeness (QED) is 0.389. The Hall–Kier alpha value is -0.950. The average molecular weight is 255 g/mol. The minimum absolute atomic E-state index is 0.0101. The molecule has 0 aliphatic carbocycles. The summed E-state index contributed by atoms with van der Waals surface area (Å²) in [7, 11) is 0. The van der Waals surface area contributed by atoms with Crippen molar-refractivity contribution < 1.29 is 22.3 Å². The van der Waals surface area contributed by atoms with Crippen molar-refractivity contribution in [2.75, 3.05) is 18.1 Å². The van der Waals surface area contributed by atoms with Crippen molar-refractivity contribution in [1.29, 1.82) is 0 Å². The molecule has 7 heteroatoms. The lowest BCUT2D eigenvalue weighted by Crippen LogP contribution is -2.15. The van der Waals surface area contributed by atoms with E-state index in [2.05, 4.69) is 4.74 Å². The van der Waals surface area contributed by atoms with E-state index in [1.54, 1.807) is 0 Å². The first kappa shape index (κ1) is 13.1. The fraction of sp³-hybridized carbons (Fsp3) is 0.333. The molecule has 0 aromatic heterocycles. The second kappa shape index (κ2) is 5.40. The molecule has 0 spiro atoms. The zero-order valence-corrected chi connectivity index (χ0v) is 8.87. The summed E-state index contributed by atoms with van der Waals surface area (Å²) >= 11 is 1.06. The van der Waals surface area contributed by atoms with E-state index in [4.69, 9.17) is 5.73 Å². The molecule has 0 atom stereocenters. The van der Waals surface area contributed by atoms with Crippen LogP contribution in [0.4, 0.5) is 23.2 Å². The molecular formula is C9H9F4NOS. The van der Waals surface area contributed by atoms with Gasteiger partial charge >= 0.3 is 6.36 Å². The van der Waals surface area contributed by atoms with E-state index < -0.39 is 18.8 Å². The van der Waals surface area contributed by atoms with Gasteiger partial charge in [0, 0.05) is 10.6 Å². The van der Waals surface area contributed by atoms with Gasteiger partial charge in [-0.15, -0.1) is 24.9 Å². The Bertz CT molecular complexity index is 356. The third-order valence-corrected chi connectivity index (χ3v) is 2.55. The minimum Gasteiger partial charge on any atom is -0.396 e. The van der Waals surface area contributed by atoms with Crippen LogP contribution in [0.25, 0.3) is 0 Å². The Morgan fingerprint density at radius 2 is 2.00 bits per heavy atom. The molecule has 2 nitrogen and oxygen atoms in total. The second-order valence-corrected chi connectivity index (χ2v) is 3.99. The van der Waals surface area contributed by atoms with Crippen LogP contribution in [0.2, 0.25) is 0 Å². The zero-order valence-electron chi connectivity index (χ0n) is 8.05. The fourth-order valence-electron chi connectivity index (χ4n) is 0.915. The maximum atomic E-state index is 12.9. The van der Waals surface area contributed by atoms with Crippen LogP contribution in [0.3, 0.4) is 0 Å². The van der Waals surface area contributed by atoms with Crippen LogP contribution in [-0.4, -0.2) is 18.7 Å². The first-order chi connectivity index (χ1) is 7.38. The van der Waals surface area contributed by atoms with Crippen LogP contribution in [0, 0.1) is 5.82 Å². The molecule has 1 aromatic rings. The third-order valence-electron chi connectivity index (χ3n) is 1.59. The molecule has 0 unspecified atom stereocenters. The standard InChI is InChI=1S/C9H9F4NOS/c10-7-5-6(1-2-8(7)14)16-4-3-15-9(11,12)13/h1-2,5H,3-4,14H2. The number of ether oxygens (including phenoxy) is 1. The van der Waals surface area contributed by atoms with Gasteiger partial charge in [-0.3, -0.25) is 4.74 Å². The molecule has 0 bridgehead atoms. The minimum atomic E-state index is -4.62. The molecule has 0 aliphatic rings. The predicted molar refractivity (Wildman–Crippen MR) is 53.5 cm³/mol. The molecule has 0 fully saturated rings. The molecular weight excluding hydrogens is 246 g/mol. The highest BCUT2D eigenvalue weighted by Crippen LogP contribution is 2.23. The summed E-state index contributed by atoms with van der Waals surface area (Å²) in [5.74, 6) is -0.496. The van der Waals surface area contributed by atoms with Crippen LogP contribution in [0.15, 0.2) is 23.1 Å². The average Bonchev–Trinajstić information content (AvgIpc) is 2.17. The monoisotopic (exact) mass is 255 g/mol. The molecule has 90 valence electrons. The van der Waals surface area contributed by atoms with Gasteiger partial charge in [-0.05, 0) is 18.2 Å². The number of thioether (sulfide) groups is 1. The van der Waals surface area contributed by atoms with Gasteiger partial charge in [0.25, 0.3) is 0 Å². The predicted octanol–water partition coefficient (Wildman–Crippen LogP) is 3.04. The number of nitrogen functional groups attached to an aromatic ring is 1. The molecule has 0 aliphatic heterocycles. The maximum absolute atomic E-state index is 12.9. The first-order valence-corrected chi connectivity index (χ1v) is 5.25. The molecule has 16 heavy (non-hydrogen) atoms. The topological polar surface area (TPSA) is 35.2 Å². The molecule has 0 amide bonds. The van der Waals surface area contributed by atoms with Crippen molar-refractivity contribution in [2.24, 2.45) is 0 Å². The van der Waals surface area contributed by atoms with Crippen molar-refractivity contribution >= 4 is 17.4 Å². The van der Waals surface area contributed by atoms with Gasteiger partial charge in [0.15, 0.2) is 0 Å². The molecule has 1 aromatic carbocycles. The van der Waals surface area contributed by atoms with E-state index in [-0.39, 0.29) is 11.4 Å². The van der Waals surface area contributed by atoms with Gasteiger partial charge in [-0.2, -0.15) is 0 Å². The van der Waals surface area contributed by atoms with Gasteiger partial charge in [0.05, 0.1) is 12.3 Å². The Morgan fingerprint density at radius 3 is 2.56 bits per heavy atom. The van der Waals surface area contributed by atoms with E-state index >= 15 is 0 Å². The maximum Gasteiger partial charge on any atom is 0.522 e. The SMILES string of the molecule is Nc1ccc(SCCOC(F)(F)F)cc1F. The van der Waals surface area contributed by atoms with Crippen molar-refractivity contribution in [2.45, 2.75) is 11.3 Å². The Morgan fingerprint density at radius 1 is 1.31 bits per heavy atom. The van der Waals surface area contributed by atoms with E-state index in [0.717, 1.165) is 11.8 Å². The highest BCUT2D eigenvalue weighted by Gasteiger charge is 2.28. The number of nitrogens with two attached hydrogens (primary N) is 1. The van der Waals surface area contributed by atoms with Crippen LogP contribution < -0.4 is 5.73 Å². The van der Waals surface area contributed by atoms with Gasteiger partial charge in [-0.1, -0.05) is 0 Å². The summed E-state index contributed by atoms with van der Waals surface area (Å²) in [6.45, 7) is -0.472. The summed E-state index contributed by atoms with van der Waals surface area (Å²) < 4.78 is 51.3. The fourth-order valence-corrected chi connectivity index (χ4v) is 1.67. The second-order valence-electron chi connectivity index (χ2n) is 2.83. The number of halogens is 4. The van der Waals surface area contributed by atoms with Crippen LogP contribution in [0.1, 0.15) is 0 Å². The smallest absolute Gasteiger partial charge is 0.396 e. The summed E-state index contributed by atoms with van der Waals surface area (Å²) in [5.41, 5.74) is 5.25. The van der Waals surface area contributed by atoms with Crippen LogP contribution >= 0.6 is 11.8 Å². The highest BCUT2D eigenvalue weighted by molar-refractivity contribution is 7.99. The summed E-state index contributed by atoms with van der Waals surface area (Å²) in [6.07, 6.45) is -4.62. The van der Waals surface area contributed by atoms with E-state index in [1.807, 2.05) is 0 Å². The van der Waals surface area contributed by atoms with E-state index in [1.165, 1.54) is 18.2 Å². The highest BCUT2D eigenvalue weighted by atomic mass is 32.2. The Balaban J connectivity index is 2.35. The van der Waals surface area contributed by atoms with E-state index in [9.17, 15) is 17.6 Å². The largest absolute Gasteiger partial charge is 0.522 e. The Labute approximate surface area is 93.8 Å². The molecule has 0 radical (unpaired) electrons. The Kier molecular flexibility index (Phi) is 4.43. The molecule has 0 heterocycles. The van der Waals surface area contributed by atoms with Gasteiger partial charge in [0.2, 0.25) is 0 Å². The van der Waals surface area contributed by atoms with Gasteiger partial charge < -0.3 is 5.73 Å². The lowest BCUT2D eigenvalue weighted by Gasteiger charge is -2.07. The van der Waals surface area contributed by atoms with Crippen LogP contribution in [-0.2, 0) is 4.74 Å². The molecule has 0 saturated heterocycles. The molecule has 1 rings (SSSR count). The third kappa shape index (κ3) is 4.71. The van der Waals surface area contributed by atoms with Crippen molar-refractivity contribution in [3.8, 4) is 0 Å². The number of alkyl halides is 3. The van der Waals surface area contributed by atoms with Gasteiger partial charge in [-0.25, -0.2) is 4.39 Å². The summed E-state index contributed by atoms with van der Waals surface area (Å²) in [6, 6.07) is 4.08. The lowest BCUT2D eigenvalue weighted by atomic mass is 10.3. The van der Waals surface area contributed by atoms with Crippen LogP contribution in [0.5, 0.6) is 0 Å². The first-order valence-electron chi connectivity index (χ1n) is 4.27. The van der Waals surface area contributed by atoms with Crippen molar-refractivity contribution in [3.63, 3.8) is 0 Å². The molecule has 0 saturated carbocycles. The number of benzene rings is 1. The summed E-state index contributed by atoms with van der Waals surface area (Å²) in [5, 5.41) is 0. The zero-order chi connectivity index (χ0) is 12.2. The van der Waals surface area contributed by atoms with E-state index in [0.29, 0.717) is 4.90 Å². The van der Waals surface area contributed by atoms with Gasteiger partial charge in [0.1, 0.15) is 5.82 Å². The summed E-state index contributed by atoms with van der Waals surface area (Å²) in [4.78, 5) is 0.512. The number of hydrogen-bond acceptors (Lipinski definition) is 3.